The Morgan fingerprint density at radius 2 is 1.59 bits per heavy atom. The third kappa shape index (κ3) is 5.73. The number of para-hydroxylation sites is 1. The predicted octanol–water partition coefficient (Wildman–Crippen LogP) is 6.63. The van der Waals surface area contributed by atoms with Crippen molar-refractivity contribution in [1.29, 1.82) is 0 Å². The number of aryl methyl sites for hydroxylation is 1. The van der Waals surface area contributed by atoms with Crippen LogP contribution in [0.25, 0.3) is 10.9 Å². The maximum Gasteiger partial charge on any atom is 0.272 e. The van der Waals surface area contributed by atoms with Crippen LogP contribution in [0.3, 0.4) is 0 Å². The summed E-state index contributed by atoms with van der Waals surface area (Å²) in [4.78, 5) is 25.7. The highest BCUT2D eigenvalue weighted by Crippen LogP contribution is 2.27. The van der Waals surface area contributed by atoms with Crippen molar-refractivity contribution in [2.24, 2.45) is 5.41 Å². The molecule has 0 saturated heterocycles. The average Bonchev–Trinajstić information content (AvgIpc) is 3.11. The van der Waals surface area contributed by atoms with E-state index in [9.17, 15) is 9.59 Å². The smallest absolute Gasteiger partial charge is 0.272 e. The molecule has 2 N–H and O–H groups in total. The molecule has 4 aromatic rings. The summed E-state index contributed by atoms with van der Waals surface area (Å²) in [5, 5.41) is 6.90. The highest BCUT2D eigenvalue weighted by Gasteiger charge is 2.19. The van der Waals surface area contributed by atoms with E-state index in [2.05, 4.69) is 35.8 Å². The van der Waals surface area contributed by atoms with Gasteiger partial charge in [0.2, 0.25) is 5.91 Å². The third-order valence-corrected chi connectivity index (χ3v) is 5.56. The van der Waals surface area contributed by atoms with Gasteiger partial charge in [0.15, 0.2) is 0 Å². The van der Waals surface area contributed by atoms with Crippen molar-refractivity contribution >= 4 is 34.1 Å². The number of nitrogens with one attached hydrogen (secondary N) is 2. The second kappa shape index (κ2) is 9.56. The summed E-state index contributed by atoms with van der Waals surface area (Å²) in [6.07, 6.45) is 0.435. The van der Waals surface area contributed by atoms with Crippen molar-refractivity contribution in [2.75, 3.05) is 10.6 Å². The molecule has 4 rings (SSSR count). The van der Waals surface area contributed by atoms with Gasteiger partial charge in [0.1, 0.15) is 5.69 Å². The van der Waals surface area contributed by atoms with Gasteiger partial charge in [0.25, 0.3) is 5.91 Å². The van der Waals surface area contributed by atoms with Crippen molar-refractivity contribution in [2.45, 2.75) is 40.7 Å². The number of carbonyl (C=O) groups excluding carboxylic acids is 2. The van der Waals surface area contributed by atoms with Crippen LogP contribution >= 0.6 is 0 Å². The topological polar surface area (TPSA) is 63.1 Å². The van der Waals surface area contributed by atoms with Gasteiger partial charge in [-0.1, -0.05) is 68.8 Å². The van der Waals surface area contributed by atoms with Gasteiger partial charge in [-0.05, 0) is 54.3 Å². The summed E-state index contributed by atoms with van der Waals surface area (Å²) < 4.78 is 2.03. The van der Waals surface area contributed by atoms with Crippen LogP contribution in [0.2, 0.25) is 0 Å². The number of anilines is 2. The second-order valence-corrected chi connectivity index (χ2v) is 9.98. The SMILES string of the molecule is Cc1cccc(Cn2c(C(=O)Nc3ccccc3)cc3cc(NC(=O)CC(C)(C)C)ccc32)c1. The lowest BCUT2D eigenvalue weighted by molar-refractivity contribution is -0.117. The van der Waals surface area contributed by atoms with E-state index in [1.54, 1.807) is 0 Å². The molecule has 0 aliphatic carbocycles. The minimum absolute atomic E-state index is 0.0203. The van der Waals surface area contributed by atoms with Crippen LogP contribution in [0.1, 0.15) is 48.8 Å². The fraction of sp³-hybridized carbons (Fsp3) is 0.241. The highest BCUT2D eigenvalue weighted by molar-refractivity contribution is 6.07. The molecule has 0 radical (unpaired) electrons. The molecule has 34 heavy (non-hydrogen) atoms. The zero-order chi connectivity index (χ0) is 24.3. The molecular weight excluding hydrogens is 422 g/mol. The number of rotatable bonds is 6. The fourth-order valence-electron chi connectivity index (χ4n) is 4.10. The Balaban J connectivity index is 1.70. The van der Waals surface area contributed by atoms with Gasteiger partial charge < -0.3 is 15.2 Å². The van der Waals surface area contributed by atoms with E-state index in [0.717, 1.165) is 27.8 Å². The van der Waals surface area contributed by atoms with Crippen LogP contribution in [-0.4, -0.2) is 16.4 Å². The Morgan fingerprint density at radius 3 is 2.29 bits per heavy atom. The Labute approximate surface area is 200 Å². The zero-order valence-electron chi connectivity index (χ0n) is 20.2. The van der Waals surface area contributed by atoms with E-state index in [1.807, 2.05) is 86.0 Å². The molecule has 5 nitrogen and oxygen atoms in total. The van der Waals surface area contributed by atoms with E-state index in [1.165, 1.54) is 5.56 Å². The molecule has 0 unspecified atom stereocenters. The Bertz CT molecular complexity index is 1330. The molecule has 0 atom stereocenters. The lowest BCUT2D eigenvalue weighted by atomic mass is 9.92. The monoisotopic (exact) mass is 453 g/mol. The molecule has 0 spiro atoms. The van der Waals surface area contributed by atoms with E-state index in [-0.39, 0.29) is 17.2 Å². The average molecular weight is 454 g/mol. The molecule has 2 amide bonds. The van der Waals surface area contributed by atoms with Crippen molar-refractivity contribution in [3.63, 3.8) is 0 Å². The van der Waals surface area contributed by atoms with E-state index in [4.69, 9.17) is 0 Å². The molecule has 1 aromatic heterocycles. The number of amides is 2. The van der Waals surface area contributed by atoms with E-state index >= 15 is 0 Å². The maximum atomic E-state index is 13.3. The number of carbonyl (C=O) groups is 2. The molecule has 0 aliphatic rings. The molecule has 0 fully saturated rings. The molecular formula is C29H31N3O2. The van der Waals surface area contributed by atoms with Crippen molar-refractivity contribution in [3.05, 3.63) is 95.7 Å². The number of aromatic nitrogens is 1. The Hall–Kier alpha value is -3.86. The van der Waals surface area contributed by atoms with Crippen LogP contribution in [0, 0.1) is 12.3 Å². The highest BCUT2D eigenvalue weighted by atomic mass is 16.2. The van der Waals surface area contributed by atoms with Gasteiger partial charge in [-0.2, -0.15) is 0 Å². The zero-order valence-corrected chi connectivity index (χ0v) is 20.2. The molecule has 1 heterocycles. The normalized spacial score (nSPS) is 11.4. The first-order valence-corrected chi connectivity index (χ1v) is 11.5. The summed E-state index contributed by atoms with van der Waals surface area (Å²) in [7, 11) is 0. The third-order valence-electron chi connectivity index (χ3n) is 5.56. The second-order valence-electron chi connectivity index (χ2n) is 9.98. The molecule has 0 aliphatic heterocycles. The van der Waals surface area contributed by atoms with Gasteiger partial charge >= 0.3 is 0 Å². The van der Waals surface area contributed by atoms with E-state index < -0.39 is 0 Å². The standard InChI is InChI=1S/C29H31N3O2/c1-20-9-8-10-21(15-20)19-32-25-14-13-24(30-27(33)18-29(2,3)4)16-22(25)17-26(32)28(34)31-23-11-6-5-7-12-23/h5-17H,18-19H2,1-4H3,(H,30,33)(H,31,34). The molecule has 0 saturated carbocycles. The van der Waals surface area contributed by atoms with Gasteiger partial charge in [-0.25, -0.2) is 0 Å². The fourth-order valence-corrected chi connectivity index (χ4v) is 4.10. The van der Waals surface area contributed by atoms with E-state index in [0.29, 0.717) is 18.7 Å². The number of benzene rings is 3. The number of nitrogens with zero attached hydrogens (tertiary/aromatic N) is 1. The summed E-state index contributed by atoms with van der Waals surface area (Å²) in [5.74, 6) is -0.193. The predicted molar refractivity (Wildman–Crippen MR) is 139 cm³/mol. The Morgan fingerprint density at radius 1 is 0.824 bits per heavy atom. The van der Waals surface area contributed by atoms with Crippen LogP contribution in [0.4, 0.5) is 11.4 Å². The minimum Gasteiger partial charge on any atom is -0.332 e. The Kier molecular flexibility index (Phi) is 6.55. The largest absolute Gasteiger partial charge is 0.332 e. The summed E-state index contributed by atoms with van der Waals surface area (Å²) in [5.41, 5.74) is 5.18. The van der Waals surface area contributed by atoms with Crippen LogP contribution in [0.15, 0.2) is 78.9 Å². The summed E-state index contributed by atoms with van der Waals surface area (Å²) in [6.45, 7) is 8.75. The quantitative estimate of drug-likeness (QED) is 0.344. The lowest BCUT2D eigenvalue weighted by Crippen LogP contribution is -2.19. The van der Waals surface area contributed by atoms with Crippen LogP contribution in [0.5, 0.6) is 0 Å². The molecule has 174 valence electrons. The molecule has 0 bridgehead atoms. The van der Waals surface area contributed by atoms with Crippen molar-refractivity contribution in [3.8, 4) is 0 Å². The maximum absolute atomic E-state index is 13.3. The van der Waals surface area contributed by atoms with Crippen LogP contribution in [-0.2, 0) is 11.3 Å². The first kappa shape index (κ1) is 23.3. The first-order valence-electron chi connectivity index (χ1n) is 11.5. The summed E-state index contributed by atoms with van der Waals surface area (Å²) >= 11 is 0. The summed E-state index contributed by atoms with van der Waals surface area (Å²) in [6, 6.07) is 25.4. The lowest BCUT2D eigenvalue weighted by Gasteiger charge is -2.17. The minimum atomic E-state index is -0.173. The van der Waals surface area contributed by atoms with Crippen molar-refractivity contribution in [1.82, 2.24) is 4.57 Å². The van der Waals surface area contributed by atoms with Crippen LogP contribution < -0.4 is 10.6 Å². The van der Waals surface area contributed by atoms with Crippen molar-refractivity contribution < 1.29 is 9.59 Å². The van der Waals surface area contributed by atoms with Gasteiger partial charge in [0, 0.05) is 35.2 Å². The number of hydrogen-bond acceptors (Lipinski definition) is 2. The number of hydrogen-bond donors (Lipinski definition) is 2. The van der Waals surface area contributed by atoms with Gasteiger partial charge in [-0.15, -0.1) is 0 Å². The molecule has 5 heteroatoms. The van der Waals surface area contributed by atoms with Gasteiger partial charge in [0.05, 0.1) is 0 Å². The first-order chi connectivity index (χ1) is 16.2. The molecule has 3 aromatic carbocycles. The number of fused-ring (bicyclic) bond motifs is 1. The van der Waals surface area contributed by atoms with Gasteiger partial charge in [-0.3, -0.25) is 9.59 Å².